The Morgan fingerprint density at radius 2 is 2.19 bits per heavy atom. The molecule has 0 radical (unpaired) electrons. The van der Waals surface area contributed by atoms with Crippen molar-refractivity contribution in [3.63, 3.8) is 0 Å². The molecule has 1 N–H and O–H groups in total. The van der Waals surface area contributed by atoms with Gasteiger partial charge in [-0.05, 0) is 37.6 Å². The van der Waals surface area contributed by atoms with Crippen LogP contribution in [0.15, 0.2) is 18.2 Å². The second kappa shape index (κ2) is 6.87. The first-order chi connectivity index (χ1) is 7.65. The number of benzene rings is 1. The van der Waals surface area contributed by atoms with Crippen molar-refractivity contribution < 1.29 is 4.39 Å². The molecule has 0 aliphatic carbocycles. The van der Waals surface area contributed by atoms with Crippen molar-refractivity contribution >= 4 is 11.6 Å². The fraction of sp³-hybridized carbons (Fsp3) is 0.538. The van der Waals surface area contributed by atoms with Gasteiger partial charge in [0.25, 0.3) is 0 Å². The maximum Gasteiger partial charge on any atom is 0.127 e. The summed E-state index contributed by atoms with van der Waals surface area (Å²) in [6.07, 6.45) is 1.80. The minimum absolute atomic E-state index is 0.210. The molecule has 0 bridgehead atoms. The molecular formula is C13H19ClFN. The first kappa shape index (κ1) is 13.5. The van der Waals surface area contributed by atoms with Crippen LogP contribution < -0.4 is 5.32 Å². The van der Waals surface area contributed by atoms with Crippen LogP contribution >= 0.6 is 11.6 Å². The minimum Gasteiger partial charge on any atom is -0.316 e. The van der Waals surface area contributed by atoms with Gasteiger partial charge >= 0.3 is 0 Å². The molecule has 16 heavy (non-hydrogen) atoms. The monoisotopic (exact) mass is 243 g/mol. The van der Waals surface area contributed by atoms with Gasteiger partial charge in [0.05, 0.1) is 0 Å². The number of hydrogen-bond acceptors (Lipinski definition) is 1. The predicted octanol–water partition coefficient (Wildman–Crippen LogP) is 3.66. The molecule has 1 nitrogen and oxygen atoms in total. The number of rotatable bonds is 6. The van der Waals surface area contributed by atoms with E-state index >= 15 is 0 Å². The SMILES string of the molecule is CCC(C)CNCCc1c(F)cccc1Cl. The summed E-state index contributed by atoms with van der Waals surface area (Å²) in [4.78, 5) is 0. The first-order valence-corrected chi connectivity index (χ1v) is 6.16. The Labute approximate surface area is 102 Å². The van der Waals surface area contributed by atoms with Gasteiger partial charge in [-0.3, -0.25) is 0 Å². The molecule has 0 spiro atoms. The number of nitrogens with one attached hydrogen (secondary N) is 1. The summed E-state index contributed by atoms with van der Waals surface area (Å²) in [6.45, 7) is 6.11. The predicted molar refractivity (Wildman–Crippen MR) is 67.4 cm³/mol. The Balaban J connectivity index is 2.37. The third-order valence-electron chi connectivity index (χ3n) is 2.80. The lowest BCUT2D eigenvalue weighted by Gasteiger charge is -2.10. The molecule has 1 rings (SSSR count). The fourth-order valence-corrected chi connectivity index (χ4v) is 1.73. The zero-order valence-corrected chi connectivity index (χ0v) is 10.6. The second-order valence-corrected chi connectivity index (χ2v) is 4.57. The molecule has 0 aliphatic heterocycles. The van der Waals surface area contributed by atoms with Crippen LogP contribution in [0.5, 0.6) is 0 Å². The Morgan fingerprint density at radius 1 is 1.44 bits per heavy atom. The second-order valence-electron chi connectivity index (χ2n) is 4.17. The zero-order valence-electron chi connectivity index (χ0n) is 9.89. The highest BCUT2D eigenvalue weighted by molar-refractivity contribution is 6.31. The van der Waals surface area contributed by atoms with Gasteiger partial charge in [0.2, 0.25) is 0 Å². The van der Waals surface area contributed by atoms with E-state index in [0.29, 0.717) is 22.9 Å². The summed E-state index contributed by atoms with van der Waals surface area (Å²) in [5.74, 6) is 0.453. The number of halogens is 2. The van der Waals surface area contributed by atoms with E-state index in [9.17, 15) is 4.39 Å². The normalized spacial score (nSPS) is 12.8. The molecule has 1 aromatic carbocycles. The summed E-state index contributed by atoms with van der Waals surface area (Å²) in [5.41, 5.74) is 0.612. The first-order valence-electron chi connectivity index (χ1n) is 5.78. The highest BCUT2D eigenvalue weighted by atomic mass is 35.5. The lowest BCUT2D eigenvalue weighted by Crippen LogP contribution is -2.23. The molecule has 0 heterocycles. The average molecular weight is 244 g/mol. The highest BCUT2D eigenvalue weighted by Gasteiger charge is 2.06. The number of hydrogen-bond donors (Lipinski definition) is 1. The van der Waals surface area contributed by atoms with Gasteiger partial charge < -0.3 is 5.32 Å². The Morgan fingerprint density at radius 3 is 2.81 bits per heavy atom. The van der Waals surface area contributed by atoms with Crippen LogP contribution in [0.2, 0.25) is 5.02 Å². The summed E-state index contributed by atoms with van der Waals surface area (Å²) in [7, 11) is 0. The van der Waals surface area contributed by atoms with E-state index in [-0.39, 0.29) is 5.82 Å². The molecule has 1 atom stereocenters. The van der Waals surface area contributed by atoms with E-state index in [2.05, 4.69) is 19.2 Å². The van der Waals surface area contributed by atoms with Gasteiger partial charge in [0.15, 0.2) is 0 Å². The maximum absolute atomic E-state index is 13.4. The van der Waals surface area contributed by atoms with E-state index in [1.807, 2.05) is 0 Å². The Kier molecular flexibility index (Phi) is 5.78. The molecule has 1 aromatic rings. The molecule has 3 heteroatoms. The van der Waals surface area contributed by atoms with Crippen LogP contribution in [0.3, 0.4) is 0 Å². The molecular weight excluding hydrogens is 225 g/mol. The van der Waals surface area contributed by atoms with Crippen LogP contribution in [0.4, 0.5) is 4.39 Å². The van der Waals surface area contributed by atoms with Crippen LogP contribution in [0.1, 0.15) is 25.8 Å². The molecule has 0 saturated carbocycles. The molecule has 1 unspecified atom stereocenters. The van der Waals surface area contributed by atoms with E-state index < -0.39 is 0 Å². The minimum atomic E-state index is -0.210. The third-order valence-corrected chi connectivity index (χ3v) is 3.16. The third kappa shape index (κ3) is 4.11. The average Bonchev–Trinajstić information content (AvgIpc) is 2.27. The van der Waals surface area contributed by atoms with Gasteiger partial charge in [0, 0.05) is 10.6 Å². The van der Waals surface area contributed by atoms with Crippen molar-refractivity contribution in [3.8, 4) is 0 Å². The van der Waals surface area contributed by atoms with Crippen molar-refractivity contribution in [1.29, 1.82) is 0 Å². The van der Waals surface area contributed by atoms with Crippen LogP contribution in [0.25, 0.3) is 0 Å². The van der Waals surface area contributed by atoms with Crippen LogP contribution in [-0.4, -0.2) is 13.1 Å². The smallest absolute Gasteiger partial charge is 0.127 e. The van der Waals surface area contributed by atoms with Crippen LogP contribution in [-0.2, 0) is 6.42 Å². The molecule has 0 fully saturated rings. The molecule has 0 aliphatic rings. The lowest BCUT2D eigenvalue weighted by molar-refractivity contribution is 0.499. The van der Waals surface area contributed by atoms with E-state index in [1.165, 1.54) is 6.07 Å². The highest BCUT2D eigenvalue weighted by Crippen LogP contribution is 2.18. The van der Waals surface area contributed by atoms with Crippen molar-refractivity contribution in [2.45, 2.75) is 26.7 Å². The summed E-state index contributed by atoms with van der Waals surface area (Å²) >= 11 is 5.93. The standard InChI is InChI=1S/C13H19ClFN/c1-3-10(2)9-16-8-7-11-12(14)5-4-6-13(11)15/h4-6,10,16H,3,7-9H2,1-2H3. The molecule has 90 valence electrons. The topological polar surface area (TPSA) is 12.0 Å². The van der Waals surface area contributed by atoms with E-state index in [0.717, 1.165) is 19.5 Å². The van der Waals surface area contributed by atoms with Gasteiger partial charge in [-0.15, -0.1) is 0 Å². The summed E-state index contributed by atoms with van der Waals surface area (Å²) in [5, 5.41) is 3.83. The van der Waals surface area contributed by atoms with Crippen LogP contribution in [0, 0.1) is 11.7 Å². The van der Waals surface area contributed by atoms with Gasteiger partial charge in [-0.1, -0.05) is 37.9 Å². The summed E-state index contributed by atoms with van der Waals surface area (Å²) in [6, 6.07) is 4.82. The van der Waals surface area contributed by atoms with E-state index in [4.69, 9.17) is 11.6 Å². The Bertz CT molecular complexity index is 307. The molecule has 0 amide bonds. The van der Waals surface area contributed by atoms with Crippen molar-refractivity contribution in [1.82, 2.24) is 5.32 Å². The van der Waals surface area contributed by atoms with Gasteiger partial charge in [-0.25, -0.2) is 4.39 Å². The van der Waals surface area contributed by atoms with Crippen molar-refractivity contribution in [2.24, 2.45) is 5.92 Å². The quantitative estimate of drug-likeness (QED) is 0.752. The van der Waals surface area contributed by atoms with E-state index in [1.54, 1.807) is 12.1 Å². The Hall–Kier alpha value is -0.600. The zero-order chi connectivity index (χ0) is 12.0. The van der Waals surface area contributed by atoms with Crippen molar-refractivity contribution in [3.05, 3.63) is 34.6 Å². The van der Waals surface area contributed by atoms with Crippen molar-refractivity contribution in [2.75, 3.05) is 13.1 Å². The van der Waals surface area contributed by atoms with Gasteiger partial charge in [-0.2, -0.15) is 0 Å². The summed E-state index contributed by atoms with van der Waals surface area (Å²) < 4.78 is 13.4. The largest absolute Gasteiger partial charge is 0.316 e. The maximum atomic E-state index is 13.4. The molecule has 0 saturated heterocycles. The lowest BCUT2D eigenvalue weighted by atomic mass is 10.1. The van der Waals surface area contributed by atoms with Gasteiger partial charge in [0.1, 0.15) is 5.82 Å². The fourth-order valence-electron chi connectivity index (χ4n) is 1.48. The molecule has 0 aromatic heterocycles.